The van der Waals surface area contributed by atoms with Crippen LogP contribution in [0.3, 0.4) is 0 Å². The van der Waals surface area contributed by atoms with Gasteiger partial charge in [0.05, 0.1) is 12.2 Å². The van der Waals surface area contributed by atoms with Crippen molar-refractivity contribution in [3.05, 3.63) is 17.0 Å². The van der Waals surface area contributed by atoms with E-state index in [1.54, 1.807) is 11.9 Å². The van der Waals surface area contributed by atoms with Gasteiger partial charge in [-0.1, -0.05) is 11.6 Å². The van der Waals surface area contributed by atoms with E-state index in [1.807, 2.05) is 18.7 Å². The summed E-state index contributed by atoms with van der Waals surface area (Å²) in [4.78, 5) is 27.5. The molecule has 0 unspecified atom stereocenters. The minimum atomic E-state index is -0.160. The van der Waals surface area contributed by atoms with Crippen LogP contribution in [0.25, 0.3) is 0 Å². The topological polar surface area (TPSA) is 78.7 Å². The van der Waals surface area contributed by atoms with Gasteiger partial charge in [-0.25, -0.2) is 4.79 Å². The maximum Gasteiger partial charge on any atom is 0.317 e. The number of urea groups is 1. The third-order valence-corrected chi connectivity index (χ3v) is 4.25. The van der Waals surface area contributed by atoms with Crippen LogP contribution in [0.15, 0.2) is 4.52 Å². The highest BCUT2D eigenvalue weighted by molar-refractivity contribution is 5.76. The molecule has 1 aromatic rings. The van der Waals surface area contributed by atoms with Gasteiger partial charge < -0.3 is 19.6 Å². The number of nitrogens with zero attached hydrogens (tertiary/aromatic N) is 3. The van der Waals surface area contributed by atoms with E-state index in [-0.39, 0.29) is 11.9 Å². The van der Waals surface area contributed by atoms with Crippen molar-refractivity contribution in [2.45, 2.75) is 46.1 Å². The first kappa shape index (κ1) is 17.3. The molecule has 1 aliphatic heterocycles. The molecule has 1 fully saturated rings. The summed E-state index contributed by atoms with van der Waals surface area (Å²) in [5, 5.41) is 6.76. The standard InChI is InChI=1S/C16H26N4O3/c1-12-14(13(2)23-18-12)11-19(3)16(22)17-8-10-20-9-6-4-5-7-15(20)21/h4-11H2,1-3H3,(H,17,22). The summed E-state index contributed by atoms with van der Waals surface area (Å²) >= 11 is 0. The molecule has 0 atom stereocenters. The summed E-state index contributed by atoms with van der Waals surface area (Å²) < 4.78 is 5.11. The zero-order valence-electron chi connectivity index (χ0n) is 14.2. The number of likely N-dealkylation sites (tertiary alicyclic amines) is 1. The lowest BCUT2D eigenvalue weighted by Crippen LogP contribution is -2.42. The van der Waals surface area contributed by atoms with Gasteiger partial charge in [-0.3, -0.25) is 4.79 Å². The van der Waals surface area contributed by atoms with Gasteiger partial charge in [0, 0.05) is 38.7 Å². The fourth-order valence-electron chi connectivity index (χ4n) is 2.74. The van der Waals surface area contributed by atoms with Gasteiger partial charge in [-0.2, -0.15) is 0 Å². The lowest BCUT2D eigenvalue weighted by molar-refractivity contribution is -0.130. The third kappa shape index (κ3) is 4.71. The molecule has 3 amide bonds. The number of hydrogen-bond acceptors (Lipinski definition) is 4. The quantitative estimate of drug-likeness (QED) is 0.897. The molecule has 7 nitrogen and oxygen atoms in total. The van der Waals surface area contributed by atoms with Gasteiger partial charge in [0.25, 0.3) is 0 Å². The molecule has 1 aliphatic rings. The third-order valence-electron chi connectivity index (χ3n) is 4.25. The van der Waals surface area contributed by atoms with Crippen LogP contribution in [0.5, 0.6) is 0 Å². The maximum atomic E-state index is 12.1. The largest absolute Gasteiger partial charge is 0.361 e. The second kappa shape index (κ2) is 7.99. The van der Waals surface area contributed by atoms with Gasteiger partial charge in [0.1, 0.15) is 5.76 Å². The Morgan fingerprint density at radius 1 is 1.35 bits per heavy atom. The SMILES string of the molecule is Cc1noc(C)c1CN(C)C(=O)NCCN1CCCCCC1=O. The molecule has 2 heterocycles. The summed E-state index contributed by atoms with van der Waals surface area (Å²) in [5.41, 5.74) is 1.74. The number of carbonyl (C=O) groups excluding carboxylic acids is 2. The monoisotopic (exact) mass is 322 g/mol. The Bertz CT molecular complexity index is 536. The Kier molecular flexibility index (Phi) is 6.01. The summed E-state index contributed by atoms with van der Waals surface area (Å²) in [7, 11) is 1.73. The fourth-order valence-corrected chi connectivity index (χ4v) is 2.74. The number of carbonyl (C=O) groups is 2. The molecule has 1 N–H and O–H groups in total. The summed E-state index contributed by atoms with van der Waals surface area (Å²) in [6, 6.07) is -0.160. The molecule has 23 heavy (non-hydrogen) atoms. The molecule has 1 saturated heterocycles. The summed E-state index contributed by atoms with van der Waals surface area (Å²) in [5.74, 6) is 0.929. The van der Waals surface area contributed by atoms with Crippen LogP contribution in [-0.4, -0.2) is 53.6 Å². The molecule has 128 valence electrons. The Labute approximate surface area is 137 Å². The van der Waals surface area contributed by atoms with Crippen molar-refractivity contribution >= 4 is 11.9 Å². The van der Waals surface area contributed by atoms with Crippen LogP contribution in [0.2, 0.25) is 0 Å². The number of amides is 3. The molecule has 7 heteroatoms. The average molecular weight is 322 g/mol. The van der Waals surface area contributed by atoms with Crippen molar-refractivity contribution in [2.75, 3.05) is 26.7 Å². The first-order valence-corrected chi connectivity index (χ1v) is 8.17. The number of hydrogen-bond donors (Lipinski definition) is 1. The first-order valence-electron chi connectivity index (χ1n) is 8.17. The summed E-state index contributed by atoms with van der Waals surface area (Å²) in [6.45, 7) is 5.99. The average Bonchev–Trinajstić information content (AvgIpc) is 2.72. The van der Waals surface area contributed by atoms with Crippen LogP contribution < -0.4 is 5.32 Å². The molecule has 0 aliphatic carbocycles. The van der Waals surface area contributed by atoms with Gasteiger partial charge in [0.2, 0.25) is 5.91 Å². The molecule has 0 bridgehead atoms. The lowest BCUT2D eigenvalue weighted by Gasteiger charge is -2.22. The number of aryl methyl sites for hydroxylation is 2. The van der Waals surface area contributed by atoms with E-state index in [4.69, 9.17) is 4.52 Å². The molecule has 2 rings (SSSR count). The van der Waals surface area contributed by atoms with Crippen LogP contribution in [0.4, 0.5) is 4.79 Å². The van der Waals surface area contributed by atoms with Crippen LogP contribution in [0.1, 0.15) is 42.7 Å². The number of nitrogens with one attached hydrogen (secondary N) is 1. The fraction of sp³-hybridized carbons (Fsp3) is 0.688. The van der Waals surface area contributed by atoms with Crippen molar-refractivity contribution in [3.63, 3.8) is 0 Å². The second-order valence-corrected chi connectivity index (χ2v) is 6.08. The molecule has 0 spiro atoms. The van der Waals surface area contributed by atoms with Crippen molar-refractivity contribution < 1.29 is 14.1 Å². The predicted octanol–water partition coefficient (Wildman–Crippen LogP) is 1.84. The number of aromatic nitrogens is 1. The Morgan fingerprint density at radius 2 is 2.13 bits per heavy atom. The lowest BCUT2D eigenvalue weighted by atomic mass is 10.2. The smallest absolute Gasteiger partial charge is 0.317 e. The highest BCUT2D eigenvalue weighted by Crippen LogP contribution is 2.14. The summed E-state index contributed by atoms with van der Waals surface area (Å²) in [6.07, 6.45) is 3.75. The van der Waals surface area contributed by atoms with Crippen molar-refractivity contribution in [2.24, 2.45) is 0 Å². The molecular weight excluding hydrogens is 296 g/mol. The van der Waals surface area contributed by atoms with Crippen LogP contribution >= 0.6 is 0 Å². The predicted molar refractivity (Wildman–Crippen MR) is 85.9 cm³/mol. The van der Waals surface area contributed by atoms with E-state index >= 15 is 0 Å². The van der Waals surface area contributed by atoms with E-state index in [0.29, 0.717) is 26.1 Å². The van der Waals surface area contributed by atoms with Crippen molar-refractivity contribution in [3.8, 4) is 0 Å². The molecule has 1 aromatic heterocycles. The van der Waals surface area contributed by atoms with E-state index in [9.17, 15) is 9.59 Å². The Hall–Kier alpha value is -2.05. The zero-order valence-corrected chi connectivity index (χ0v) is 14.2. The molecule has 0 aromatic carbocycles. The van der Waals surface area contributed by atoms with Crippen molar-refractivity contribution in [1.29, 1.82) is 0 Å². The molecule has 0 saturated carbocycles. The van der Waals surface area contributed by atoms with E-state index in [2.05, 4.69) is 10.5 Å². The first-order chi connectivity index (χ1) is 11.0. The number of rotatable bonds is 5. The minimum absolute atomic E-state index is 0.160. The van der Waals surface area contributed by atoms with Crippen LogP contribution in [-0.2, 0) is 11.3 Å². The van der Waals surface area contributed by atoms with Crippen LogP contribution in [0, 0.1) is 13.8 Å². The van der Waals surface area contributed by atoms with Gasteiger partial charge >= 0.3 is 6.03 Å². The Morgan fingerprint density at radius 3 is 2.83 bits per heavy atom. The van der Waals surface area contributed by atoms with Gasteiger partial charge in [-0.05, 0) is 26.7 Å². The maximum absolute atomic E-state index is 12.1. The van der Waals surface area contributed by atoms with Gasteiger partial charge in [-0.15, -0.1) is 0 Å². The van der Waals surface area contributed by atoms with Gasteiger partial charge in [0.15, 0.2) is 0 Å². The highest BCUT2D eigenvalue weighted by Gasteiger charge is 2.18. The molecular formula is C16H26N4O3. The van der Waals surface area contributed by atoms with E-state index in [1.165, 1.54) is 0 Å². The Balaban J connectivity index is 1.76. The highest BCUT2D eigenvalue weighted by atomic mass is 16.5. The van der Waals surface area contributed by atoms with E-state index < -0.39 is 0 Å². The van der Waals surface area contributed by atoms with E-state index in [0.717, 1.165) is 42.8 Å². The normalized spacial score (nSPS) is 15.4. The van der Waals surface area contributed by atoms with Crippen molar-refractivity contribution in [1.82, 2.24) is 20.3 Å². The molecule has 0 radical (unpaired) electrons. The zero-order chi connectivity index (χ0) is 16.8. The minimum Gasteiger partial charge on any atom is -0.361 e. The second-order valence-electron chi connectivity index (χ2n) is 6.08.